The fraction of sp³-hybridized carbons (Fsp3) is 0.400. The Morgan fingerprint density at radius 3 is 2.91 bits per heavy atom. The molecule has 2 heterocycles. The maximum Gasteiger partial charge on any atom is 0.309 e. The van der Waals surface area contributed by atoms with Crippen molar-refractivity contribution in [2.45, 2.75) is 19.4 Å². The third kappa shape index (κ3) is 2.61. The van der Waals surface area contributed by atoms with Gasteiger partial charge >= 0.3 is 5.97 Å². The number of halogens is 1. The molecule has 0 spiro atoms. The highest BCUT2D eigenvalue weighted by atomic mass is 79.9. The molecule has 1 aromatic heterocycles. The summed E-state index contributed by atoms with van der Waals surface area (Å²) in [6.45, 7) is 0.696. The van der Waals surface area contributed by atoms with Crippen LogP contribution in [0.25, 0.3) is 11.4 Å². The fourth-order valence-corrected chi connectivity index (χ4v) is 3.12. The second-order valence-corrected chi connectivity index (χ2v) is 6.00. The number of fused-ring (bicyclic) bond motifs is 1. The van der Waals surface area contributed by atoms with Crippen LogP contribution < -0.4 is 4.74 Å². The zero-order valence-electron chi connectivity index (χ0n) is 12.4. The van der Waals surface area contributed by atoms with Crippen LogP contribution in [0.2, 0.25) is 0 Å². The third-order valence-electron chi connectivity index (χ3n) is 3.91. The minimum Gasteiger partial charge on any atom is -0.497 e. The molecule has 6 nitrogen and oxygen atoms in total. The van der Waals surface area contributed by atoms with Gasteiger partial charge in [0.1, 0.15) is 11.6 Å². The molecule has 0 N–H and O–H groups in total. The van der Waals surface area contributed by atoms with Crippen LogP contribution in [0.3, 0.4) is 0 Å². The monoisotopic (exact) mass is 365 g/mol. The van der Waals surface area contributed by atoms with E-state index in [9.17, 15) is 4.79 Å². The van der Waals surface area contributed by atoms with E-state index in [4.69, 9.17) is 9.47 Å². The first-order valence-electron chi connectivity index (χ1n) is 6.98. The van der Waals surface area contributed by atoms with E-state index in [1.807, 2.05) is 18.2 Å². The van der Waals surface area contributed by atoms with Gasteiger partial charge in [0.25, 0.3) is 0 Å². The Hall–Kier alpha value is -1.89. The van der Waals surface area contributed by atoms with E-state index in [1.165, 1.54) is 7.11 Å². The molecule has 0 saturated heterocycles. The van der Waals surface area contributed by atoms with Crippen LogP contribution in [0.4, 0.5) is 0 Å². The Balaban J connectivity index is 1.96. The minimum absolute atomic E-state index is 0.136. The van der Waals surface area contributed by atoms with Gasteiger partial charge in [-0.2, -0.15) is 0 Å². The van der Waals surface area contributed by atoms with E-state index >= 15 is 0 Å². The number of ether oxygens (including phenoxy) is 2. The van der Waals surface area contributed by atoms with Gasteiger partial charge in [0.15, 0.2) is 5.82 Å². The standard InChI is InChI=1S/C15H16BrN3O3/c1-21-10-3-4-12(16)11(8-10)14-18-17-13-7-9(15(20)22-2)5-6-19(13)14/h3-4,8-9H,5-7H2,1-2H3. The molecule has 0 saturated carbocycles. The van der Waals surface area contributed by atoms with Gasteiger partial charge in [0, 0.05) is 23.0 Å². The molecule has 1 unspecified atom stereocenters. The molecule has 1 atom stereocenters. The molecule has 1 aromatic carbocycles. The Morgan fingerprint density at radius 1 is 1.36 bits per heavy atom. The van der Waals surface area contributed by atoms with Crippen LogP contribution in [0, 0.1) is 5.92 Å². The van der Waals surface area contributed by atoms with Crippen molar-refractivity contribution >= 4 is 21.9 Å². The number of hydrogen-bond acceptors (Lipinski definition) is 5. The lowest BCUT2D eigenvalue weighted by Crippen LogP contribution is -2.27. The van der Waals surface area contributed by atoms with E-state index in [0.717, 1.165) is 33.9 Å². The van der Waals surface area contributed by atoms with Crippen LogP contribution in [-0.2, 0) is 22.5 Å². The number of rotatable bonds is 3. The van der Waals surface area contributed by atoms with E-state index < -0.39 is 0 Å². The van der Waals surface area contributed by atoms with Crippen LogP contribution in [0.1, 0.15) is 12.2 Å². The summed E-state index contributed by atoms with van der Waals surface area (Å²) in [6, 6.07) is 5.73. The molecule has 0 amide bonds. The van der Waals surface area contributed by atoms with Gasteiger partial charge in [-0.3, -0.25) is 4.79 Å². The van der Waals surface area contributed by atoms with Gasteiger partial charge in [-0.25, -0.2) is 0 Å². The summed E-state index contributed by atoms with van der Waals surface area (Å²) >= 11 is 3.54. The molecule has 116 valence electrons. The van der Waals surface area contributed by atoms with Gasteiger partial charge in [0.2, 0.25) is 0 Å². The predicted molar refractivity (Wildman–Crippen MR) is 83.5 cm³/mol. The van der Waals surface area contributed by atoms with Crippen molar-refractivity contribution in [1.29, 1.82) is 0 Å². The number of benzene rings is 1. The Kier molecular flexibility index (Phi) is 4.15. The summed E-state index contributed by atoms with van der Waals surface area (Å²) in [6.07, 6.45) is 1.29. The van der Waals surface area contributed by atoms with Crippen molar-refractivity contribution in [2.24, 2.45) is 5.92 Å². The van der Waals surface area contributed by atoms with Crippen LogP contribution in [-0.4, -0.2) is 35.0 Å². The van der Waals surface area contributed by atoms with Crippen molar-refractivity contribution in [3.63, 3.8) is 0 Å². The van der Waals surface area contributed by atoms with Gasteiger partial charge in [-0.1, -0.05) is 15.9 Å². The highest BCUT2D eigenvalue weighted by Gasteiger charge is 2.29. The number of carbonyl (C=O) groups is 1. The van der Waals surface area contributed by atoms with Crippen molar-refractivity contribution < 1.29 is 14.3 Å². The summed E-state index contributed by atoms with van der Waals surface area (Å²) in [4.78, 5) is 11.7. The van der Waals surface area contributed by atoms with Gasteiger partial charge in [0.05, 0.1) is 20.1 Å². The second-order valence-electron chi connectivity index (χ2n) is 5.15. The third-order valence-corrected chi connectivity index (χ3v) is 4.60. The highest BCUT2D eigenvalue weighted by Crippen LogP contribution is 2.33. The fourth-order valence-electron chi connectivity index (χ4n) is 2.70. The van der Waals surface area contributed by atoms with E-state index in [0.29, 0.717) is 13.0 Å². The SMILES string of the molecule is COC(=O)C1CCn2c(nnc2-c2cc(OC)ccc2Br)C1. The lowest BCUT2D eigenvalue weighted by Gasteiger charge is -2.22. The molecule has 2 aromatic rings. The van der Waals surface area contributed by atoms with Crippen LogP contribution >= 0.6 is 15.9 Å². The molecule has 0 fully saturated rings. The zero-order valence-corrected chi connectivity index (χ0v) is 14.0. The number of methoxy groups -OCH3 is 2. The summed E-state index contributed by atoms with van der Waals surface area (Å²) in [5.41, 5.74) is 0.926. The van der Waals surface area contributed by atoms with Crippen molar-refractivity contribution in [1.82, 2.24) is 14.8 Å². The minimum atomic E-state index is -0.182. The topological polar surface area (TPSA) is 66.2 Å². The van der Waals surface area contributed by atoms with E-state index in [1.54, 1.807) is 7.11 Å². The molecule has 1 aliphatic rings. The quantitative estimate of drug-likeness (QED) is 0.781. The lowest BCUT2D eigenvalue weighted by atomic mass is 9.98. The average molecular weight is 366 g/mol. The summed E-state index contributed by atoms with van der Waals surface area (Å²) in [5.74, 6) is 2.04. The second kappa shape index (κ2) is 6.08. The van der Waals surface area contributed by atoms with Crippen molar-refractivity contribution in [2.75, 3.05) is 14.2 Å². The molecule has 7 heteroatoms. The van der Waals surface area contributed by atoms with Gasteiger partial charge in [-0.05, 0) is 24.6 Å². The first kappa shape index (κ1) is 15.0. The molecule has 0 aliphatic carbocycles. The number of carbonyl (C=O) groups excluding carboxylic acids is 1. The molecule has 3 rings (SSSR count). The molecular formula is C15H16BrN3O3. The molecule has 22 heavy (non-hydrogen) atoms. The van der Waals surface area contributed by atoms with Crippen molar-refractivity contribution in [3.8, 4) is 17.1 Å². The summed E-state index contributed by atoms with van der Waals surface area (Å²) in [5, 5.41) is 8.54. The Labute approximate surface area is 136 Å². The number of hydrogen-bond donors (Lipinski definition) is 0. The van der Waals surface area contributed by atoms with Crippen LogP contribution in [0.15, 0.2) is 22.7 Å². The van der Waals surface area contributed by atoms with E-state index in [-0.39, 0.29) is 11.9 Å². The Morgan fingerprint density at radius 2 is 2.18 bits per heavy atom. The molecule has 0 radical (unpaired) electrons. The first-order valence-corrected chi connectivity index (χ1v) is 7.77. The number of aromatic nitrogens is 3. The Bertz CT molecular complexity index is 714. The molecule has 1 aliphatic heterocycles. The molecular weight excluding hydrogens is 350 g/mol. The summed E-state index contributed by atoms with van der Waals surface area (Å²) in [7, 11) is 3.05. The predicted octanol–water partition coefficient (Wildman–Crippen LogP) is 2.45. The van der Waals surface area contributed by atoms with Crippen molar-refractivity contribution in [3.05, 3.63) is 28.5 Å². The van der Waals surface area contributed by atoms with Gasteiger partial charge in [-0.15, -0.1) is 10.2 Å². The zero-order chi connectivity index (χ0) is 15.7. The average Bonchev–Trinajstić information content (AvgIpc) is 2.97. The first-order chi connectivity index (χ1) is 10.6. The normalized spacial score (nSPS) is 17.0. The van der Waals surface area contributed by atoms with Gasteiger partial charge < -0.3 is 14.0 Å². The maximum atomic E-state index is 11.7. The number of nitrogens with zero attached hydrogens (tertiary/aromatic N) is 3. The lowest BCUT2D eigenvalue weighted by molar-refractivity contribution is -0.146. The highest BCUT2D eigenvalue weighted by molar-refractivity contribution is 9.10. The largest absolute Gasteiger partial charge is 0.497 e. The molecule has 0 bridgehead atoms. The van der Waals surface area contributed by atoms with E-state index in [2.05, 4.69) is 30.7 Å². The smallest absolute Gasteiger partial charge is 0.309 e. The maximum absolute atomic E-state index is 11.7. The van der Waals surface area contributed by atoms with Crippen LogP contribution in [0.5, 0.6) is 5.75 Å². The summed E-state index contributed by atoms with van der Waals surface area (Å²) < 4.78 is 13.1. The number of esters is 1.